The predicted molar refractivity (Wildman–Crippen MR) is 112 cm³/mol. The molecule has 0 unspecified atom stereocenters. The van der Waals surface area contributed by atoms with Gasteiger partial charge in [-0.15, -0.1) is 0 Å². The molecule has 2 N–H and O–H groups in total. The Morgan fingerprint density at radius 2 is 1.97 bits per heavy atom. The molecule has 9 nitrogen and oxygen atoms in total. The lowest BCUT2D eigenvalue weighted by molar-refractivity contribution is 0.491. The minimum Gasteiger partial charge on any atom is -0.354 e. The van der Waals surface area contributed by atoms with E-state index in [0.717, 1.165) is 4.31 Å². The van der Waals surface area contributed by atoms with Crippen molar-refractivity contribution in [1.82, 2.24) is 13.9 Å². The molecule has 10 heteroatoms. The number of hydrogen-bond donors (Lipinski definition) is 2. The van der Waals surface area contributed by atoms with Crippen LogP contribution in [0.3, 0.4) is 0 Å². The summed E-state index contributed by atoms with van der Waals surface area (Å²) in [6.07, 6.45) is 1.45. The van der Waals surface area contributed by atoms with Gasteiger partial charge in [0.1, 0.15) is 6.07 Å². The van der Waals surface area contributed by atoms with E-state index in [9.17, 15) is 18.5 Å². The summed E-state index contributed by atoms with van der Waals surface area (Å²) in [6, 6.07) is 11.9. The maximum atomic E-state index is 12.3. The van der Waals surface area contributed by atoms with Crippen molar-refractivity contribution >= 4 is 38.2 Å². The molecule has 1 heterocycles. The van der Waals surface area contributed by atoms with Crippen LogP contribution in [0.4, 0.5) is 17.1 Å². The van der Waals surface area contributed by atoms with Gasteiger partial charge in [0.15, 0.2) is 0 Å². The zero-order valence-electron chi connectivity index (χ0n) is 16.2. The molecule has 0 saturated carbocycles. The van der Waals surface area contributed by atoms with Crippen LogP contribution in [0.1, 0.15) is 12.5 Å². The molecule has 3 rings (SSSR count). The van der Waals surface area contributed by atoms with E-state index < -0.39 is 10.2 Å². The van der Waals surface area contributed by atoms with E-state index >= 15 is 0 Å². The summed E-state index contributed by atoms with van der Waals surface area (Å²) in [5.74, 6) is 0. The maximum Gasteiger partial charge on any atom is 0.301 e. The van der Waals surface area contributed by atoms with Crippen LogP contribution in [-0.2, 0) is 17.3 Å². The first-order chi connectivity index (χ1) is 13.8. The fourth-order valence-corrected chi connectivity index (χ4v) is 3.64. The molecule has 0 fully saturated rings. The van der Waals surface area contributed by atoms with Crippen LogP contribution in [-0.4, -0.2) is 35.9 Å². The monoisotopic (exact) mass is 412 g/mol. The van der Waals surface area contributed by atoms with Crippen LogP contribution in [0.5, 0.6) is 0 Å². The van der Waals surface area contributed by atoms with E-state index in [4.69, 9.17) is 0 Å². The molecule has 2 aromatic carbocycles. The van der Waals surface area contributed by atoms with Crippen molar-refractivity contribution in [3.05, 3.63) is 58.6 Å². The highest BCUT2D eigenvalue weighted by Gasteiger charge is 2.19. The van der Waals surface area contributed by atoms with Gasteiger partial charge in [-0.2, -0.15) is 18.0 Å². The normalized spacial score (nSPS) is 11.4. The Hall–Kier alpha value is -3.42. The number of aromatic nitrogens is 2. The molecule has 0 aliphatic rings. The Kier molecular flexibility index (Phi) is 5.54. The molecule has 29 heavy (non-hydrogen) atoms. The van der Waals surface area contributed by atoms with Crippen molar-refractivity contribution < 1.29 is 8.42 Å². The number of fused-ring (bicyclic) bond motifs is 1. The van der Waals surface area contributed by atoms with E-state index in [2.05, 4.69) is 15.0 Å². The smallest absolute Gasteiger partial charge is 0.301 e. The van der Waals surface area contributed by atoms with Crippen LogP contribution in [0.15, 0.2) is 47.5 Å². The lowest BCUT2D eigenvalue weighted by atomic mass is 10.1. The van der Waals surface area contributed by atoms with Crippen molar-refractivity contribution in [2.75, 3.05) is 23.6 Å². The highest BCUT2D eigenvalue weighted by atomic mass is 32.2. The zero-order valence-corrected chi connectivity index (χ0v) is 17.0. The van der Waals surface area contributed by atoms with Crippen LogP contribution >= 0.6 is 0 Å². The van der Waals surface area contributed by atoms with Crippen LogP contribution < -0.4 is 15.6 Å². The molecule has 0 aliphatic carbocycles. The minimum absolute atomic E-state index is 0.139. The minimum atomic E-state index is -3.77. The van der Waals surface area contributed by atoms with E-state index in [-0.39, 0.29) is 23.4 Å². The fourth-order valence-electron chi connectivity index (χ4n) is 2.69. The quantitative estimate of drug-likeness (QED) is 0.640. The van der Waals surface area contributed by atoms with Gasteiger partial charge >= 0.3 is 10.2 Å². The average Bonchev–Trinajstić information content (AvgIpc) is 2.70. The van der Waals surface area contributed by atoms with Gasteiger partial charge in [-0.1, -0.05) is 13.0 Å². The number of benzene rings is 2. The second-order valence-electron chi connectivity index (χ2n) is 6.38. The number of nitriles is 1. The van der Waals surface area contributed by atoms with E-state index in [1.54, 1.807) is 44.3 Å². The summed E-state index contributed by atoms with van der Waals surface area (Å²) in [7, 11) is -0.712. The van der Waals surface area contributed by atoms with Gasteiger partial charge in [-0.25, -0.2) is 4.98 Å². The van der Waals surface area contributed by atoms with E-state index in [1.807, 2.05) is 6.07 Å². The van der Waals surface area contributed by atoms with Crippen LogP contribution in [0.25, 0.3) is 10.9 Å². The topological polar surface area (TPSA) is 120 Å². The van der Waals surface area contributed by atoms with Crippen LogP contribution in [0, 0.1) is 11.3 Å². The number of anilines is 3. The first-order valence-electron chi connectivity index (χ1n) is 8.76. The highest BCUT2D eigenvalue weighted by molar-refractivity contribution is 7.90. The second kappa shape index (κ2) is 7.90. The number of nitrogens with zero attached hydrogens (tertiary/aromatic N) is 4. The van der Waals surface area contributed by atoms with Crippen molar-refractivity contribution in [3.63, 3.8) is 0 Å². The Bertz CT molecular complexity index is 1280. The Balaban J connectivity index is 2.00. The summed E-state index contributed by atoms with van der Waals surface area (Å²) in [6.45, 7) is 2.00. The zero-order chi connectivity index (χ0) is 21.2. The molecule has 0 spiro atoms. The summed E-state index contributed by atoms with van der Waals surface area (Å²) >= 11 is 0. The molecule has 150 valence electrons. The van der Waals surface area contributed by atoms with Gasteiger partial charge in [0, 0.05) is 26.3 Å². The molecule has 0 atom stereocenters. The molecule has 0 amide bonds. The molecular weight excluding hydrogens is 392 g/mol. The standard InChI is InChI=1S/C19H20N6O3S/c1-4-25(3)29(27,28)23-18-7-5-6-17(15(18)11-20)22-13-8-9-16-14(10-13)19(26)24(2)12-21-16/h5-10,12,22-23H,4H2,1-3H3. The predicted octanol–water partition coefficient (Wildman–Crippen LogP) is 2.16. The highest BCUT2D eigenvalue weighted by Crippen LogP contribution is 2.28. The third kappa shape index (κ3) is 4.06. The van der Waals surface area contributed by atoms with Gasteiger partial charge in [-0.05, 0) is 30.3 Å². The Morgan fingerprint density at radius 3 is 2.66 bits per heavy atom. The number of hydrogen-bond acceptors (Lipinski definition) is 6. The van der Waals surface area contributed by atoms with Gasteiger partial charge in [0.2, 0.25) is 0 Å². The third-order valence-corrected chi connectivity index (χ3v) is 6.02. The maximum absolute atomic E-state index is 12.3. The number of aryl methyl sites for hydroxylation is 1. The van der Waals surface area contributed by atoms with Crippen molar-refractivity contribution in [3.8, 4) is 6.07 Å². The Morgan fingerprint density at radius 1 is 1.24 bits per heavy atom. The number of nitrogens with one attached hydrogen (secondary N) is 2. The molecule has 0 radical (unpaired) electrons. The molecule has 0 bridgehead atoms. The molecular formula is C19H20N6O3S. The molecule has 0 aliphatic heterocycles. The second-order valence-corrected chi connectivity index (χ2v) is 8.16. The summed E-state index contributed by atoms with van der Waals surface area (Å²) < 4.78 is 29.6. The summed E-state index contributed by atoms with van der Waals surface area (Å²) in [5, 5.41) is 13.1. The van der Waals surface area contributed by atoms with Crippen LogP contribution in [0.2, 0.25) is 0 Å². The van der Waals surface area contributed by atoms with Crippen molar-refractivity contribution in [1.29, 1.82) is 5.26 Å². The Labute approximate surface area is 168 Å². The van der Waals surface area contributed by atoms with Gasteiger partial charge < -0.3 is 9.88 Å². The lowest BCUT2D eigenvalue weighted by Crippen LogP contribution is -2.32. The molecule has 3 aromatic rings. The third-order valence-electron chi connectivity index (χ3n) is 4.47. The molecule has 1 aromatic heterocycles. The lowest BCUT2D eigenvalue weighted by Gasteiger charge is -2.18. The largest absolute Gasteiger partial charge is 0.354 e. The van der Waals surface area contributed by atoms with Crippen molar-refractivity contribution in [2.24, 2.45) is 7.05 Å². The van der Waals surface area contributed by atoms with Crippen molar-refractivity contribution in [2.45, 2.75) is 6.92 Å². The van der Waals surface area contributed by atoms with Gasteiger partial charge in [0.05, 0.1) is 34.2 Å². The van der Waals surface area contributed by atoms with E-state index in [0.29, 0.717) is 22.3 Å². The molecule has 0 saturated heterocycles. The SMILES string of the molecule is CCN(C)S(=O)(=O)Nc1cccc(Nc2ccc3ncn(C)c(=O)c3c2)c1C#N. The summed E-state index contributed by atoms with van der Waals surface area (Å²) in [4.78, 5) is 16.5. The first-order valence-corrected chi connectivity index (χ1v) is 10.2. The first kappa shape index (κ1) is 20.3. The van der Waals surface area contributed by atoms with Gasteiger partial charge in [0.25, 0.3) is 5.56 Å². The van der Waals surface area contributed by atoms with Gasteiger partial charge in [-0.3, -0.25) is 9.52 Å². The summed E-state index contributed by atoms with van der Waals surface area (Å²) in [5.41, 5.74) is 1.65. The number of rotatable bonds is 6. The average molecular weight is 412 g/mol. The fraction of sp³-hybridized carbons (Fsp3) is 0.211. The van der Waals surface area contributed by atoms with E-state index in [1.165, 1.54) is 24.0 Å².